The summed E-state index contributed by atoms with van der Waals surface area (Å²) in [5.74, 6) is 0.621. The number of aldehydes is 1. The Hall–Kier alpha value is -0.683. The Morgan fingerprint density at radius 3 is 2.58 bits per heavy atom. The highest BCUT2D eigenvalue weighted by Crippen LogP contribution is 2.62. The van der Waals surface area contributed by atoms with Gasteiger partial charge in [0.15, 0.2) is 8.32 Å². The number of ether oxygens (including phenoxy) is 1. The van der Waals surface area contributed by atoms with E-state index in [0.29, 0.717) is 18.9 Å². The highest BCUT2D eigenvalue weighted by Gasteiger charge is 2.63. The first-order valence-corrected chi connectivity index (χ1v) is 13.2. The summed E-state index contributed by atoms with van der Waals surface area (Å²) in [6.07, 6.45) is 6.61. The van der Waals surface area contributed by atoms with Crippen LogP contribution in [0.4, 0.5) is 0 Å². The summed E-state index contributed by atoms with van der Waals surface area (Å²) < 4.78 is 12.6. The van der Waals surface area contributed by atoms with Crippen LogP contribution < -0.4 is 0 Å². The summed E-state index contributed by atoms with van der Waals surface area (Å²) in [6, 6.07) is 0. The highest BCUT2D eigenvalue weighted by atomic mass is 28.4. The topological polar surface area (TPSA) is 52.6 Å². The Labute approximate surface area is 159 Å². The second-order valence-electron chi connectivity index (χ2n) is 10.7. The third-order valence-corrected chi connectivity index (χ3v) is 12.8. The molecule has 4 nitrogen and oxygen atoms in total. The van der Waals surface area contributed by atoms with Gasteiger partial charge in [-0.1, -0.05) is 34.1 Å². The Bertz CT molecular complexity index is 581. The molecule has 0 amide bonds. The minimum absolute atomic E-state index is 0.00499. The standard InChI is InChI=1S/C21H36O4Si/c1-19(2,3)26(5,6)24-14-21-11-9-16-15(13-22)8-7-10-20(16,4)17(21)12-18(23)25-21/h13,15-17H,7-12,14H2,1-6H3/t15-,16-,17+,20-,21+/m0/s1. The molecule has 26 heavy (non-hydrogen) atoms. The lowest BCUT2D eigenvalue weighted by Crippen LogP contribution is -2.58. The second kappa shape index (κ2) is 6.44. The van der Waals surface area contributed by atoms with E-state index in [9.17, 15) is 9.59 Å². The summed E-state index contributed by atoms with van der Waals surface area (Å²) in [6.45, 7) is 14.1. The van der Waals surface area contributed by atoms with Crippen molar-refractivity contribution in [3.8, 4) is 0 Å². The van der Waals surface area contributed by atoms with E-state index < -0.39 is 13.9 Å². The molecule has 1 heterocycles. The molecule has 5 atom stereocenters. The van der Waals surface area contributed by atoms with Gasteiger partial charge in [-0.2, -0.15) is 0 Å². The molecular formula is C21H36O4Si. The van der Waals surface area contributed by atoms with E-state index in [1.807, 2.05) is 0 Å². The molecule has 0 unspecified atom stereocenters. The summed E-state index contributed by atoms with van der Waals surface area (Å²) >= 11 is 0. The average Bonchev–Trinajstić information content (AvgIpc) is 2.89. The maximum atomic E-state index is 12.4. The van der Waals surface area contributed by atoms with E-state index in [1.54, 1.807) is 0 Å². The van der Waals surface area contributed by atoms with Crippen LogP contribution in [0.1, 0.15) is 66.2 Å². The predicted octanol–water partition coefficient (Wildman–Crippen LogP) is 4.73. The molecule has 3 aliphatic rings. The molecule has 2 aliphatic carbocycles. The first-order valence-electron chi connectivity index (χ1n) is 10.3. The van der Waals surface area contributed by atoms with Crippen molar-refractivity contribution in [2.45, 2.75) is 90.0 Å². The van der Waals surface area contributed by atoms with Crippen LogP contribution >= 0.6 is 0 Å². The quantitative estimate of drug-likeness (QED) is 0.402. The van der Waals surface area contributed by atoms with Gasteiger partial charge in [-0.25, -0.2) is 0 Å². The zero-order chi connectivity index (χ0) is 19.4. The summed E-state index contributed by atoms with van der Waals surface area (Å²) in [5.41, 5.74) is -0.479. The normalized spacial score (nSPS) is 40.5. The van der Waals surface area contributed by atoms with E-state index in [1.165, 1.54) is 6.29 Å². The number of hydrogen-bond donors (Lipinski definition) is 0. The van der Waals surface area contributed by atoms with Crippen molar-refractivity contribution in [1.82, 2.24) is 0 Å². The number of hydrogen-bond acceptors (Lipinski definition) is 4. The zero-order valence-electron chi connectivity index (χ0n) is 17.4. The summed E-state index contributed by atoms with van der Waals surface area (Å²) in [5, 5.41) is 0.135. The molecule has 0 spiro atoms. The van der Waals surface area contributed by atoms with E-state index in [0.717, 1.165) is 32.1 Å². The number of carbonyl (C=O) groups excluding carboxylic acids is 2. The second-order valence-corrected chi connectivity index (χ2v) is 15.5. The van der Waals surface area contributed by atoms with Crippen LogP contribution in [0.5, 0.6) is 0 Å². The summed E-state index contributed by atoms with van der Waals surface area (Å²) in [7, 11) is -1.91. The third-order valence-electron chi connectivity index (χ3n) is 8.27. The molecule has 148 valence electrons. The number of esters is 1. The first-order chi connectivity index (χ1) is 12.0. The van der Waals surface area contributed by atoms with Crippen LogP contribution in [0.25, 0.3) is 0 Å². The first kappa shape index (κ1) is 20.1. The van der Waals surface area contributed by atoms with Crippen LogP contribution in [0.15, 0.2) is 0 Å². The Morgan fingerprint density at radius 1 is 1.27 bits per heavy atom. The predicted molar refractivity (Wildman–Crippen MR) is 104 cm³/mol. The summed E-state index contributed by atoms with van der Waals surface area (Å²) in [4.78, 5) is 24.0. The van der Waals surface area contributed by atoms with Gasteiger partial charge in [-0.15, -0.1) is 0 Å². The van der Waals surface area contributed by atoms with Crippen molar-refractivity contribution in [2.24, 2.45) is 23.2 Å². The van der Waals surface area contributed by atoms with Gasteiger partial charge in [0.1, 0.15) is 11.9 Å². The number of fused-ring (bicyclic) bond motifs is 3. The Balaban J connectivity index is 1.87. The Kier molecular flexibility index (Phi) is 4.97. The smallest absolute Gasteiger partial charge is 0.306 e. The van der Waals surface area contributed by atoms with Crippen LogP contribution in [0.2, 0.25) is 18.1 Å². The van der Waals surface area contributed by atoms with Crippen molar-refractivity contribution >= 4 is 20.6 Å². The monoisotopic (exact) mass is 380 g/mol. The average molecular weight is 381 g/mol. The third kappa shape index (κ3) is 3.09. The number of rotatable bonds is 4. The van der Waals surface area contributed by atoms with Crippen molar-refractivity contribution in [1.29, 1.82) is 0 Å². The van der Waals surface area contributed by atoms with Crippen molar-refractivity contribution in [2.75, 3.05) is 6.61 Å². The van der Waals surface area contributed by atoms with Gasteiger partial charge < -0.3 is 14.0 Å². The van der Waals surface area contributed by atoms with Gasteiger partial charge >= 0.3 is 5.97 Å². The van der Waals surface area contributed by atoms with Gasteiger partial charge in [0.2, 0.25) is 0 Å². The minimum Gasteiger partial charge on any atom is -0.456 e. The molecule has 0 aromatic heterocycles. The van der Waals surface area contributed by atoms with E-state index in [4.69, 9.17) is 9.16 Å². The van der Waals surface area contributed by atoms with Gasteiger partial charge in [0.25, 0.3) is 0 Å². The fourth-order valence-corrected chi connectivity index (χ4v) is 6.64. The fraction of sp³-hybridized carbons (Fsp3) is 0.905. The molecule has 3 fully saturated rings. The van der Waals surface area contributed by atoms with Crippen molar-refractivity contribution in [3.63, 3.8) is 0 Å². The lowest BCUT2D eigenvalue weighted by molar-refractivity contribution is -0.172. The molecular weight excluding hydrogens is 344 g/mol. The van der Waals surface area contributed by atoms with Gasteiger partial charge in [-0.05, 0) is 55.1 Å². The molecule has 0 radical (unpaired) electrons. The SMILES string of the molecule is CC(C)(C)[Si](C)(C)OC[C@]12CC[C@H]3[C@H](C=O)CCC[C@]3(C)[C@H]1CC(=O)O2. The minimum atomic E-state index is -1.91. The molecule has 0 N–H and O–H groups in total. The molecule has 0 aromatic carbocycles. The molecule has 2 saturated carbocycles. The van der Waals surface area contributed by atoms with Gasteiger partial charge in [-0.3, -0.25) is 4.79 Å². The molecule has 1 aliphatic heterocycles. The molecule has 0 bridgehead atoms. The largest absolute Gasteiger partial charge is 0.456 e. The molecule has 0 aromatic rings. The van der Waals surface area contributed by atoms with Crippen LogP contribution in [-0.4, -0.2) is 32.8 Å². The Morgan fingerprint density at radius 2 is 1.96 bits per heavy atom. The van der Waals surface area contributed by atoms with Crippen LogP contribution in [-0.2, 0) is 18.8 Å². The van der Waals surface area contributed by atoms with Crippen LogP contribution in [0, 0.1) is 23.2 Å². The maximum Gasteiger partial charge on any atom is 0.306 e. The lowest BCUT2D eigenvalue weighted by Gasteiger charge is -2.57. The van der Waals surface area contributed by atoms with Crippen LogP contribution in [0.3, 0.4) is 0 Å². The van der Waals surface area contributed by atoms with Crippen molar-refractivity contribution < 1.29 is 18.8 Å². The van der Waals surface area contributed by atoms with E-state index >= 15 is 0 Å². The lowest BCUT2D eigenvalue weighted by atomic mass is 9.49. The van der Waals surface area contributed by atoms with Crippen molar-refractivity contribution in [3.05, 3.63) is 0 Å². The number of carbonyl (C=O) groups is 2. The highest BCUT2D eigenvalue weighted by molar-refractivity contribution is 6.74. The zero-order valence-corrected chi connectivity index (χ0v) is 18.4. The van der Waals surface area contributed by atoms with Gasteiger partial charge in [0, 0.05) is 11.8 Å². The molecule has 3 rings (SSSR count). The fourth-order valence-electron chi connectivity index (χ4n) is 5.61. The van der Waals surface area contributed by atoms with Gasteiger partial charge in [0.05, 0.1) is 13.0 Å². The maximum absolute atomic E-state index is 12.4. The molecule has 1 saturated heterocycles. The molecule has 5 heteroatoms. The van der Waals surface area contributed by atoms with E-state index in [-0.39, 0.29) is 28.3 Å². The van der Waals surface area contributed by atoms with E-state index in [2.05, 4.69) is 40.8 Å².